The highest BCUT2D eigenvalue weighted by atomic mass is 16.5. The van der Waals surface area contributed by atoms with Crippen LogP contribution in [0.25, 0.3) is 0 Å². The summed E-state index contributed by atoms with van der Waals surface area (Å²) in [5.41, 5.74) is 1.35. The molecule has 26 heavy (non-hydrogen) atoms. The Hall–Kier alpha value is -2.26. The summed E-state index contributed by atoms with van der Waals surface area (Å²) in [4.78, 5) is 12.5. The quantitative estimate of drug-likeness (QED) is 0.818. The van der Waals surface area contributed by atoms with Crippen molar-refractivity contribution in [2.24, 2.45) is 11.8 Å². The number of benzene rings is 1. The van der Waals surface area contributed by atoms with Crippen molar-refractivity contribution in [2.45, 2.75) is 44.8 Å². The molecule has 0 aromatic heterocycles. The lowest BCUT2D eigenvalue weighted by molar-refractivity contribution is -0.130. The van der Waals surface area contributed by atoms with Crippen LogP contribution in [-0.4, -0.2) is 38.3 Å². The zero-order chi connectivity index (χ0) is 18.5. The van der Waals surface area contributed by atoms with Gasteiger partial charge in [-0.05, 0) is 50.7 Å². The fourth-order valence-corrected chi connectivity index (χ4v) is 4.14. The van der Waals surface area contributed by atoms with Crippen LogP contribution in [0, 0.1) is 23.2 Å². The highest BCUT2D eigenvalue weighted by molar-refractivity contribution is 5.80. The molecule has 6 heteroatoms. The van der Waals surface area contributed by atoms with Gasteiger partial charge in [0.1, 0.15) is 11.8 Å². The maximum absolute atomic E-state index is 12.5. The van der Waals surface area contributed by atoms with Crippen molar-refractivity contribution in [2.75, 3.05) is 25.6 Å². The van der Waals surface area contributed by atoms with Gasteiger partial charge in [-0.3, -0.25) is 4.79 Å². The van der Waals surface area contributed by atoms with Crippen molar-refractivity contribution in [3.8, 4) is 11.8 Å². The van der Waals surface area contributed by atoms with Crippen LogP contribution >= 0.6 is 0 Å². The standard InChI is InChI=1S/C20H27N3O3/c1-3-26-17-6-7-18-14(9-17)8-15(20(24)23-18)12-22-16-5-4-13(11-21)19(10-16)25-2/h4-5,10,14-15,17-18,22H,3,6-9,12H2,1-2H3,(H,23,24). The molecule has 0 bridgehead atoms. The summed E-state index contributed by atoms with van der Waals surface area (Å²) in [6, 6.07) is 7.77. The van der Waals surface area contributed by atoms with Crippen LogP contribution < -0.4 is 15.4 Å². The number of nitrogens with one attached hydrogen (secondary N) is 2. The van der Waals surface area contributed by atoms with E-state index in [0.29, 0.717) is 35.9 Å². The first-order valence-corrected chi connectivity index (χ1v) is 9.38. The predicted molar refractivity (Wildman–Crippen MR) is 99.0 cm³/mol. The van der Waals surface area contributed by atoms with Gasteiger partial charge in [0, 0.05) is 30.9 Å². The molecule has 1 heterocycles. The summed E-state index contributed by atoms with van der Waals surface area (Å²) in [6.07, 6.45) is 4.28. The number of carbonyl (C=O) groups excluding carboxylic acids is 1. The maximum Gasteiger partial charge on any atom is 0.225 e. The van der Waals surface area contributed by atoms with E-state index in [-0.39, 0.29) is 11.8 Å². The van der Waals surface area contributed by atoms with Gasteiger partial charge < -0.3 is 20.1 Å². The number of amides is 1. The van der Waals surface area contributed by atoms with Gasteiger partial charge in [-0.1, -0.05) is 0 Å². The molecule has 140 valence electrons. The average Bonchev–Trinajstić information content (AvgIpc) is 2.66. The van der Waals surface area contributed by atoms with Crippen LogP contribution in [0.4, 0.5) is 5.69 Å². The number of hydrogen-bond acceptors (Lipinski definition) is 5. The van der Waals surface area contributed by atoms with Gasteiger partial charge in [0.05, 0.1) is 24.7 Å². The summed E-state index contributed by atoms with van der Waals surface area (Å²) < 4.78 is 11.0. The Labute approximate surface area is 154 Å². The molecular weight excluding hydrogens is 330 g/mol. The van der Waals surface area contributed by atoms with Crippen LogP contribution in [0.3, 0.4) is 0 Å². The molecule has 4 unspecified atom stereocenters. The molecule has 1 aromatic rings. The van der Waals surface area contributed by atoms with Crippen molar-refractivity contribution in [3.63, 3.8) is 0 Å². The molecule has 0 radical (unpaired) electrons. The summed E-state index contributed by atoms with van der Waals surface area (Å²) in [6.45, 7) is 3.36. The lowest BCUT2D eigenvalue weighted by Crippen LogP contribution is -2.53. The van der Waals surface area contributed by atoms with Crippen molar-refractivity contribution in [3.05, 3.63) is 23.8 Å². The number of hydrogen-bond donors (Lipinski definition) is 2. The Bertz CT molecular complexity index is 685. The third kappa shape index (κ3) is 4.10. The van der Waals surface area contributed by atoms with Crippen LogP contribution in [0.1, 0.15) is 38.2 Å². The molecule has 1 amide bonds. The zero-order valence-corrected chi connectivity index (χ0v) is 15.5. The number of rotatable bonds is 6. The van der Waals surface area contributed by atoms with Crippen LogP contribution in [-0.2, 0) is 9.53 Å². The molecule has 4 atom stereocenters. The van der Waals surface area contributed by atoms with E-state index in [9.17, 15) is 4.79 Å². The molecule has 1 saturated heterocycles. The fraction of sp³-hybridized carbons (Fsp3) is 0.600. The minimum atomic E-state index is -0.0572. The van der Waals surface area contributed by atoms with Gasteiger partial charge in [-0.25, -0.2) is 0 Å². The molecule has 6 nitrogen and oxygen atoms in total. The van der Waals surface area contributed by atoms with Gasteiger partial charge >= 0.3 is 0 Å². The van der Waals surface area contributed by atoms with Gasteiger partial charge in [-0.2, -0.15) is 5.26 Å². The zero-order valence-electron chi connectivity index (χ0n) is 15.5. The normalized spacial score (nSPS) is 27.8. The van der Waals surface area contributed by atoms with Crippen molar-refractivity contribution in [1.29, 1.82) is 5.26 Å². The Morgan fingerprint density at radius 2 is 2.19 bits per heavy atom. The first kappa shape index (κ1) is 18.5. The smallest absolute Gasteiger partial charge is 0.225 e. The second-order valence-corrected chi connectivity index (χ2v) is 7.11. The number of fused-ring (bicyclic) bond motifs is 1. The van der Waals surface area contributed by atoms with Crippen molar-refractivity contribution < 1.29 is 14.3 Å². The lowest BCUT2D eigenvalue weighted by Gasteiger charge is -2.42. The highest BCUT2D eigenvalue weighted by Crippen LogP contribution is 2.35. The number of carbonyl (C=O) groups is 1. The minimum Gasteiger partial charge on any atom is -0.495 e. The van der Waals surface area contributed by atoms with Crippen LogP contribution in [0.15, 0.2) is 18.2 Å². The van der Waals surface area contributed by atoms with Gasteiger partial charge in [0.25, 0.3) is 0 Å². The third-order valence-electron chi connectivity index (χ3n) is 5.50. The fourth-order valence-electron chi connectivity index (χ4n) is 4.14. The van der Waals surface area contributed by atoms with E-state index in [4.69, 9.17) is 14.7 Å². The number of piperidine rings is 1. The number of nitriles is 1. The summed E-state index contributed by atoms with van der Waals surface area (Å²) >= 11 is 0. The number of methoxy groups -OCH3 is 1. The van der Waals surface area contributed by atoms with E-state index in [0.717, 1.165) is 38.0 Å². The third-order valence-corrected chi connectivity index (χ3v) is 5.50. The molecule has 1 aliphatic carbocycles. The summed E-state index contributed by atoms with van der Waals surface area (Å²) in [5.74, 6) is 1.10. The minimum absolute atomic E-state index is 0.0572. The van der Waals surface area contributed by atoms with E-state index in [2.05, 4.69) is 16.7 Å². The van der Waals surface area contributed by atoms with Crippen molar-refractivity contribution in [1.82, 2.24) is 5.32 Å². The summed E-state index contributed by atoms with van der Waals surface area (Å²) in [5, 5.41) is 15.6. The molecular formula is C20H27N3O3. The largest absolute Gasteiger partial charge is 0.495 e. The average molecular weight is 357 g/mol. The molecule has 0 spiro atoms. The Kier molecular flexibility index (Phi) is 6.00. The van der Waals surface area contributed by atoms with E-state index in [1.807, 2.05) is 13.0 Å². The molecule has 1 saturated carbocycles. The van der Waals surface area contributed by atoms with E-state index < -0.39 is 0 Å². The monoisotopic (exact) mass is 357 g/mol. The predicted octanol–water partition coefficient (Wildman–Crippen LogP) is 2.69. The number of ether oxygens (including phenoxy) is 2. The first-order valence-electron chi connectivity index (χ1n) is 9.38. The second kappa shape index (κ2) is 8.41. The molecule has 2 N–H and O–H groups in total. The number of nitrogens with zero attached hydrogens (tertiary/aromatic N) is 1. The topological polar surface area (TPSA) is 83.4 Å². The molecule has 2 fully saturated rings. The molecule has 3 rings (SSSR count). The highest BCUT2D eigenvalue weighted by Gasteiger charge is 2.39. The molecule has 1 aromatic carbocycles. The Morgan fingerprint density at radius 1 is 1.35 bits per heavy atom. The van der Waals surface area contributed by atoms with Crippen LogP contribution in [0.5, 0.6) is 5.75 Å². The first-order chi connectivity index (χ1) is 12.6. The number of anilines is 1. The van der Waals surface area contributed by atoms with Gasteiger partial charge in [-0.15, -0.1) is 0 Å². The van der Waals surface area contributed by atoms with E-state index in [1.54, 1.807) is 19.2 Å². The van der Waals surface area contributed by atoms with Gasteiger partial charge in [0.15, 0.2) is 0 Å². The maximum atomic E-state index is 12.5. The van der Waals surface area contributed by atoms with Gasteiger partial charge in [0.2, 0.25) is 5.91 Å². The van der Waals surface area contributed by atoms with E-state index in [1.165, 1.54) is 0 Å². The van der Waals surface area contributed by atoms with Crippen molar-refractivity contribution >= 4 is 11.6 Å². The SMILES string of the molecule is CCOC1CCC2NC(=O)C(CNc3ccc(C#N)c(OC)c3)CC2C1. The van der Waals surface area contributed by atoms with Crippen LogP contribution in [0.2, 0.25) is 0 Å². The Morgan fingerprint density at radius 3 is 2.92 bits per heavy atom. The van der Waals surface area contributed by atoms with E-state index >= 15 is 0 Å². The Balaban J connectivity index is 1.59. The second-order valence-electron chi connectivity index (χ2n) is 7.11. The lowest BCUT2D eigenvalue weighted by atomic mass is 9.74. The summed E-state index contributed by atoms with van der Waals surface area (Å²) in [7, 11) is 1.55. The molecule has 1 aliphatic heterocycles. The molecule has 2 aliphatic rings.